The highest BCUT2D eigenvalue weighted by Gasteiger charge is 2.33. The van der Waals surface area contributed by atoms with E-state index in [0.29, 0.717) is 19.0 Å². The molecular formula is C15H26FN3O3. The molecule has 0 amide bonds. The van der Waals surface area contributed by atoms with Gasteiger partial charge in [-0.3, -0.25) is 0 Å². The number of azide groups is 1. The summed E-state index contributed by atoms with van der Waals surface area (Å²) >= 11 is 0. The van der Waals surface area contributed by atoms with Crippen LogP contribution in [0.4, 0.5) is 4.39 Å². The summed E-state index contributed by atoms with van der Waals surface area (Å²) in [4.78, 5) is 2.73. The molecule has 22 heavy (non-hydrogen) atoms. The fourth-order valence-corrected chi connectivity index (χ4v) is 2.09. The first-order chi connectivity index (χ1) is 10.8. The maximum absolute atomic E-state index is 13.2. The van der Waals surface area contributed by atoms with E-state index >= 15 is 0 Å². The number of halogens is 1. The van der Waals surface area contributed by atoms with Crippen molar-refractivity contribution in [1.82, 2.24) is 0 Å². The zero-order valence-corrected chi connectivity index (χ0v) is 13.4. The minimum absolute atomic E-state index is 0.0899. The molecule has 0 aromatic rings. The summed E-state index contributed by atoms with van der Waals surface area (Å²) in [5.41, 5.74) is 8.46. The van der Waals surface area contributed by atoms with Gasteiger partial charge in [-0.1, -0.05) is 31.8 Å². The average Bonchev–Trinajstić information content (AvgIpc) is 2.54. The molecule has 1 aliphatic rings. The van der Waals surface area contributed by atoms with Gasteiger partial charge in [-0.25, -0.2) is 4.39 Å². The molecule has 1 heterocycles. The Bertz CT molecular complexity index is 386. The van der Waals surface area contributed by atoms with Gasteiger partial charge in [0.15, 0.2) is 0 Å². The first-order valence-corrected chi connectivity index (χ1v) is 7.95. The van der Waals surface area contributed by atoms with E-state index < -0.39 is 25.0 Å². The Morgan fingerprint density at radius 2 is 2.05 bits per heavy atom. The van der Waals surface area contributed by atoms with Gasteiger partial charge in [0.1, 0.15) is 30.7 Å². The smallest absolute Gasteiger partial charge is 0.124 e. The van der Waals surface area contributed by atoms with Crippen molar-refractivity contribution in [3.05, 3.63) is 22.3 Å². The summed E-state index contributed by atoms with van der Waals surface area (Å²) in [6.07, 6.45) is 3.94. The topological polar surface area (TPSA) is 76.5 Å². The van der Waals surface area contributed by atoms with Crippen LogP contribution >= 0.6 is 0 Å². The zero-order valence-electron chi connectivity index (χ0n) is 13.4. The number of ether oxygens (including phenoxy) is 3. The lowest BCUT2D eigenvalue weighted by Gasteiger charge is -2.33. The minimum atomic E-state index is -0.686. The Morgan fingerprint density at radius 1 is 1.32 bits per heavy atom. The number of hydrogen-bond donors (Lipinski definition) is 0. The van der Waals surface area contributed by atoms with Gasteiger partial charge in [0, 0.05) is 11.5 Å². The second kappa shape index (κ2) is 11.3. The van der Waals surface area contributed by atoms with Crippen LogP contribution in [0, 0.1) is 0 Å². The number of hydrogen-bond acceptors (Lipinski definition) is 4. The Hall–Kier alpha value is -1.30. The molecule has 1 aliphatic heterocycles. The van der Waals surface area contributed by atoms with Crippen molar-refractivity contribution in [2.24, 2.45) is 5.11 Å². The van der Waals surface area contributed by atoms with E-state index in [0.717, 1.165) is 25.7 Å². The third-order valence-corrected chi connectivity index (χ3v) is 3.39. The van der Waals surface area contributed by atoms with Gasteiger partial charge >= 0.3 is 0 Å². The molecule has 3 atom stereocenters. The standard InChI is InChI=1S/C15H26FN3O3/c1-3-5-7-20-12-9-13(21-8-6-4-2)15(11-18-19-17)22-14(12)10-16/h9,12,14-15H,3-8,10-11H2,1-2H3/t12-,14?,15?/m0/s1. The van der Waals surface area contributed by atoms with Crippen molar-refractivity contribution < 1.29 is 18.6 Å². The molecule has 6 nitrogen and oxygen atoms in total. The van der Waals surface area contributed by atoms with E-state index in [2.05, 4.69) is 23.9 Å². The molecule has 0 fully saturated rings. The van der Waals surface area contributed by atoms with Gasteiger partial charge in [-0.2, -0.15) is 0 Å². The molecule has 0 aromatic carbocycles. The molecule has 0 aromatic heterocycles. The highest BCUT2D eigenvalue weighted by molar-refractivity contribution is 5.11. The van der Waals surface area contributed by atoms with Crippen LogP contribution in [0.5, 0.6) is 0 Å². The van der Waals surface area contributed by atoms with Crippen LogP contribution in [-0.4, -0.2) is 44.7 Å². The van der Waals surface area contributed by atoms with Gasteiger partial charge in [0.25, 0.3) is 0 Å². The van der Waals surface area contributed by atoms with Crippen molar-refractivity contribution in [3.63, 3.8) is 0 Å². The zero-order chi connectivity index (χ0) is 16.2. The van der Waals surface area contributed by atoms with E-state index in [9.17, 15) is 4.39 Å². The maximum Gasteiger partial charge on any atom is 0.124 e. The van der Waals surface area contributed by atoms with Gasteiger partial charge in [-0.15, -0.1) is 0 Å². The molecule has 0 N–H and O–H groups in total. The SMILES string of the molecule is CCCCOC1=C[C@H](OCCCC)C(CF)OC1CN=[N+]=[N-]. The highest BCUT2D eigenvalue weighted by atomic mass is 19.1. The minimum Gasteiger partial charge on any atom is -0.495 e. The van der Waals surface area contributed by atoms with Gasteiger partial charge in [-0.05, 0) is 24.4 Å². The van der Waals surface area contributed by atoms with Crippen LogP contribution in [0.3, 0.4) is 0 Å². The lowest BCUT2D eigenvalue weighted by Crippen LogP contribution is -2.42. The molecule has 0 spiro atoms. The molecule has 2 unspecified atom stereocenters. The second-order valence-electron chi connectivity index (χ2n) is 5.19. The summed E-state index contributed by atoms with van der Waals surface area (Å²) in [6.45, 7) is 4.69. The first-order valence-electron chi connectivity index (χ1n) is 7.95. The van der Waals surface area contributed by atoms with E-state index in [4.69, 9.17) is 19.7 Å². The summed E-state index contributed by atoms with van der Waals surface area (Å²) in [6, 6.07) is 0. The molecule has 0 aliphatic carbocycles. The van der Waals surface area contributed by atoms with Crippen LogP contribution in [0.25, 0.3) is 10.4 Å². The lowest BCUT2D eigenvalue weighted by atomic mass is 10.1. The summed E-state index contributed by atoms with van der Waals surface area (Å²) in [5.74, 6) is 0.576. The Balaban J connectivity index is 2.76. The van der Waals surface area contributed by atoms with E-state index in [1.165, 1.54) is 0 Å². The van der Waals surface area contributed by atoms with E-state index in [-0.39, 0.29) is 6.54 Å². The molecule has 0 bridgehead atoms. The van der Waals surface area contributed by atoms with E-state index in [1.54, 1.807) is 6.08 Å². The second-order valence-corrected chi connectivity index (χ2v) is 5.19. The Kier molecular flexibility index (Phi) is 9.62. The van der Waals surface area contributed by atoms with Gasteiger partial charge < -0.3 is 14.2 Å². The number of rotatable bonds is 11. The monoisotopic (exact) mass is 315 g/mol. The van der Waals surface area contributed by atoms with Crippen molar-refractivity contribution in [2.45, 2.75) is 57.8 Å². The predicted molar refractivity (Wildman–Crippen MR) is 82.2 cm³/mol. The molecule has 7 heteroatoms. The van der Waals surface area contributed by atoms with Crippen LogP contribution < -0.4 is 0 Å². The summed E-state index contributed by atoms with van der Waals surface area (Å²) in [7, 11) is 0. The van der Waals surface area contributed by atoms with Crippen LogP contribution in [-0.2, 0) is 14.2 Å². The quantitative estimate of drug-likeness (QED) is 0.251. The van der Waals surface area contributed by atoms with Crippen LogP contribution in [0.2, 0.25) is 0 Å². The molecule has 1 rings (SSSR count). The third-order valence-electron chi connectivity index (χ3n) is 3.39. The fourth-order valence-electron chi connectivity index (χ4n) is 2.09. The molecule has 126 valence electrons. The highest BCUT2D eigenvalue weighted by Crippen LogP contribution is 2.24. The summed E-state index contributed by atoms with van der Waals surface area (Å²) < 4.78 is 30.3. The maximum atomic E-state index is 13.2. The fraction of sp³-hybridized carbons (Fsp3) is 0.867. The van der Waals surface area contributed by atoms with Crippen molar-refractivity contribution in [2.75, 3.05) is 26.4 Å². The van der Waals surface area contributed by atoms with Crippen molar-refractivity contribution in [3.8, 4) is 0 Å². The van der Waals surface area contributed by atoms with Crippen molar-refractivity contribution in [1.29, 1.82) is 0 Å². The van der Waals surface area contributed by atoms with Crippen molar-refractivity contribution >= 4 is 0 Å². The number of nitrogens with zero attached hydrogens (tertiary/aromatic N) is 3. The van der Waals surface area contributed by atoms with Gasteiger partial charge in [0.2, 0.25) is 0 Å². The van der Waals surface area contributed by atoms with Gasteiger partial charge in [0.05, 0.1) is 13.2 Å². The third kappa shape index (κ3) is 6.22. The number of unbranched alkanes of at least 4 members (excludes halogenated alkanes) is 2. The molecular weight excluding hydrogens is 289 g/mol. The van der Waals surface area contributed by atoms with E-state index in [1.807, 2.05) is 0 Å². The normalized spacial score (nSPS) is 24.5. The molecule has 0 radical (unpaired) electrons. The molecule has 0 saturated heterocycles. The Labute approximate surface area is 131 Å². The largest absolute Gasteiger partial charge is 0.495 e. The average molecular weight is 315 g/mol. The molecule has 0 saturated carbocycles. The summed E-state index contributed by atoms with van der Waals surface area (Å²) in [5, 5.41) is 3.51. The van der Waals surface area contributed by atoms with Crippen LogP contribution in [0.15, 0.2) is 16.9 Å². The first kappa shape index (κ1) is 18.7. The number of alkyl halides is 1. The lowest BCUT2D eigenvalue weighted by molar-refractivity contribution is -0.109. The van der Waals surface area contributed by atoms with Crippen LogP contribution in [0.1, 0.15) is 39.5 Å². The Morgan fingerprint density at radius 3 is 2.68 bits per heavy atom. The predicted octanol–water partition coefficient (Wildman–Crippen LogP) is 3.92.